The summed E-state index contributed by atoms with van der Waals surface area (Å²) in [7, 11) is 0. The van der Waals surface area contributed by atoms with Crippen LogP contribution in [0, 0.1) is 6.92 Å². The molecule has 2 rings (SSSR count). The molecule has 0 radical (unpaired) electrons. The van der Waals surface area contributed by atoms with Crippen molar-refractivity contribution in [2.75, 3.05) is 12.3 Å². The lowest BCUT2D eigenvalue weighted by Crippen LogP contribution is -2.06. The molecule has 0 aromatic carbocycles. The van der Waals surface area contributed by atoms with Gasteiger partial charge in [-0.05, 0) is 25.6 Å². The Labute approximate surface area is 82.5 Å². The van der Waals surface area contributed by atoms with Crippen molar-refractivity contribution >= 4 is 11.3 Å². The molecule has 0 amide bonds. The Balaban J connectivity index is 2.66. The topological polar surface area (TPSA) is 69.3 Å². The van der Waals surface area contributed by atoms with Crippen molar-refractivity contribution in [2.45, 2.75) is 13.3 Å². The average molecular weight is 190 g/mol. The Hall–Kier alpha value is -1.55. The summed E-state index contributed by atoms with van der Waals surface area (Å²) in [5, 5.41) is 0. The molecule has 0 aliphatic heterocycles. The van der Waals surface area contributed by atoms with E-state index in [0.717, 1.165) is 29.1 Å². The van der Waals surface area contributed by atoms with Gasteiger partial charge in [-0.2, -0.15) is 0 Å². The molecule has 0 aliphatic rings. The van der Waals surface area contributed by atoms with Gasteiger partial charge in [-0.1, -0.05) is 0 Å². The Morgan fingerprint density at radius 1 is 1.43 bits per heavy atom. The minimum atomic E-state index is 0.628. The van der Waals surface area contributed by atoms with Crippen molar-refractivity contribution < 1.29 is 0 Å². The number of hydrogen-bond acceptors (Lipinski definition) is 3. The third kappa shape index (κ3) is 1.33. The number of nitrogen functional groups attached to an aromatic ring is 1. The lowest BCUT2D eigenvalue weighted by molar-refractivity contribution is 0.894. The fraction of sp³-hybridized carbons (Fsp3) is 0.300. The number of nitrogens with zero attached hydrogens (tertiary/aromatic N) is 2. The highest BCUT2D eigenvalue weighted by Gasteiger charge is 2.07. The van der Waals surface area contributed by atoms with Crippen LogP contribution in [-0.2, 0) is 6.42 Å². The molecule has 2 aromatic heterocycles. The largest absolute Gasteiger partial charge is 0.398 e. The maximum Gasteiger partial charge on any atom is 0.137 e. The summed E-state index contributed by atoms with van der Waals surface area (Å²) in [6.45, 7) is 2.62. The SMILES string of the molecule is Cc1nc2ccc(N)cn2c1CCN. The fourth-order valence-corrected chi connectivity index (χ4v) is 1.67. The molecule has 0 fully saturated rings. The summed E-state index contributed by atoms with van der Waals surface area (Å²) in [6.07, 6.45) is 2.72. The van der Waals surface area contributed by atoms with Gasteiger partial charge < -0.3 is 15.9 Å². The number of fused-ring (bicyclic) bond motifs is 1. The normalized spacial score (nSPS) is 11.0. The van der Waals surface area contributed by atoms with E-state index in [1.165, 1.54) is 0 Å². The third-order valence-electron chi connectivity index (χ3n) is 2.32. The van der Waals surface area contributed by atoms with Crippen LogP contribution in [0.25, 0.3) is 5.65 Å². The molecule has 2 aromatic rings. The van der Waals surface area contributed by atoms with Crippen LogP contribution in [-0.4, -0.2) is 15.9 Å². The second-order valence-corrected chi connectivity index (χ2v) is 3.37. The second kappa shape index (κ2) is 3.31. The minimum Gasteiger partial charge on any atom is -0.398 e. The lowest BCUT2D eigenvalue weighted by atomic mass is 10.2. The van der Waals surface area contributed by atoms with E-state index in [1.54, 1.807) is 0 Å². The van der Waals surface area contributed by atoms with Crippen molar-refractivity contribution in [1.82, 2.24) is 9.38 Å². The van der Waals surface area contributed by atoms with Crippen molar-refractivity contribution in [3.63, 3.8) is 0 Å². The second-order valence-electron chi connectivity index (χ2n) is 3.37. The van der Waals surface area contributed by atoms with Crippen LogP contribution in [0.5, 0.6) is 0 Å². The predicted octanol–water partition coefficient (Wildman–Crippen LogP) is 0.726. The van der Waals surface area contributed by atoms with Crippen molar-refractivity contribution in [1.29, 1.82) is 0 Å². The standard InChI is InChI=1S/C10H14N4/c1-7-9(4-5-11)14-6-8(12)2-3-10(14)13-7/h2-3,6H,4-5,11-12H2,1H3. The van der Waals surface area contributed by atoms with Crippen molar-refractivity contribution in [3.8, 4) is 0 Å². The lowest BCUT2D eigenvalue weighted by Gasteiger charge is -2.01. The number of anilines is 1. The molecule has 0 atom stereocenters. The molecule has 14 heavy (non-hydrogen) atoms. The fourth-order valence-electron chi connectivity index (χ4n) is 1.67. The Kier molecular flexibility index (Phi) is 2.13. The Morgan fingerprint density at radius 2 is 2.21 bits per heavy atom. The zero-order chi connectivity index (χ0) is 10.1. The first kappa shape index (κ1) is 9.02. The highest BCUT2D eigenvalue weighted by molar-refractivity contribution is 5.50. The van der Waals surface area contributed by atoms with Crippen LogP contribution in [0.3, 0.4) is 0 Å². The summed E-state index contributed by atoms with van der Waals surface area (Å²) in [4.78, 5) is 4.42. The number of aryl methyl sites for hydroxylation is 1. The van der Waals surface area contributed by atoms with Crippen molar-refractivity contribution in [2.24, 2.45) is 5.73 Å². The molecule has 74 valence electrons. The zero-order valence-electron chi connectivity index (χ0n) is 8.20. The molecule has 0 saturated heterocycles. The van der Waals surface area contributed by atoms with Gasteiger partial charge in [0.2, 0.25) is 0 Å². The first-order valence-corrected chi connectivity index (χ1v) is 4.65. The quantitative estimate of drug-likeness (QED) is 0.733. The van der Waals surface area contributed by atoms with Crippen LogP contribution < -0.4 is 11.5 Å². The molecule has 0 bridgehead atoms. The summed E-state index contributed by atoms with van der Waals surface area (Å²) < 4.78 is 2.01. The van der Waals surface area contributed by atoms with Crippen molar-refractivity contribution in [3.05, 3.63) is 29.7 Å². The van der Waals surface area contributed by atoms with Gasteiger partial charge in [0.25, 0.3) is 0 Å². The number of nitrogens with two attached hydrogens (primary N) is 2. The van der Waals surface area contributed by atoms with Gasteiger partial charge in [-0.3, -0.25) is 0 Å². The number of aromatic nitrogens is 2. The van der Waals surface area contributed by atoms with E-state index in [2.05, 4.69) is 4.98 Å². The number of pyridine rings is 1. The molecular weight excluding hydrogens is 176 g/mol. The first-order valence-electron chi connectivity index (χ1n) is 4.65. The Bertz CT molecular complexity index is 458. The van der Waals surface area contributed by atoms with Gasteiger partial charge in [0.1, 0.15) is 5.65 Å². The molecule has 4 nitrogen and oxygen atoms in total. The van der Waals surface area contributed by atoms with E-state index in [0.29, 0.717) is 6.54 Å². The molecule has 0 spiro atoms. The smallest absolute Gasteiger partial charge is 0.137 e. The Morgan fingerprint density at radius 3 is 2.93 bits per heavy atom. The highest BCUT2D eigenvalue weighted by atomic mass is 15.0. The maximum atomic E-state index is 5.72. The molecule has 0 aliphatic carbocycles. The summed E-state index contributed by atoms with van der Waals surface area (Å²) in [5.41, 5.74) is 15.1. The van der Waals surface area contributed by atoms with Crippen LogP contribution in [0.15, 0.2) is 18.3 Å². The van der Waals surface area contributed by atoms with Gasteiger partial charge in [-0.15, -0.1) is 0 Å². The third-order valence-corrected chi connectivity index (χ3v) is 2.32. The van der Waals surface area contributed by atoms with E-state index in [-0.39, 0.29) is 0 Å². The summed E-state index contributed by atoms with van der Waals surface area (Å²) >= 11 is 0. The van der Waals surface area contributed by atoms with E-state index >= 15 is 0 Å². The summed E-state index contributed by atoms with van der Waals surface area (Å²) in [5.74, 6) is 0. The molecular formula is C10H14N4. The zero-order valence-corrected chi connectivity index (χ0v) is 8.20. The number of rotatable bonds is 2. The summed E-state index contributed by atoms with van der Waals surface area (Å²) in [6, 6.07) is 3.77. The van der Waals surface area contributed by atoms with Gasteiger partial charge in [-0.25, -0.2) is 4.98 Å². The van der Waals surface area contributed by atoms with Gasteiger partial charge in [0, 0.05) is 24.0 Å². The molecule has 0 unspecified atom stereocenters. The molecule has 4 heteroatoms. The molecule has 2 heterocycles. The van der Waals surface area contributed by atoms with Crippen LogP contribution >= 0.6 is 0 Å². The van der Waals surface area contributed by atoms with E-state index in [1.807, 2.05) is 29.7 Å². The van der Waals surface area contributed by atoms with E-state index in [4.69, 9.17) is 11.5 Å². The van der Waals surface area contributed by atoms with E-state index < -0.39 is 0 Å². The van der Waals surface area contributed by atoms with Gasteiger partial charge >= 0.3 is 0 Å². The van der Waals surface area contributed by atoms with Crippen LogP contribution in [0.4, 0.5) is 5.69 Å². The molecule has 4 N–H and O–H groups in total. The first-order chi connectivity index (χ1) is 6.72. The van der Waals surface area contributed by atoms with Crippen LogP contribution in [0.2, 0.25) is 0 Å². The van der Waals surface area contributed by atoms with Gasteiger partial charge in [0.15, 0.2) is 0 Å². The molecule has 0 saturated carbocycles. The van der Waals surface area contributed by atoms with E-state index in [9.17, 15) is 0 Å². The minimum absolute atomic E-state index is 0.628. The van der Waals surface area contributed by atoms with Gasteiger partial charge in [0.05, 0.1) is 5.69 Å². The highest BCUT2D eigenvalue weighted by Crippen LogP contribution is 2.14. The average Bonchev–Trinajstić information content (AvgIpc) is 2.45. The number of imidazole rings is 1. The van der Waals surface area contributed by atoms with Crippen LogP contribution in [0.1, 0.15) is 11.4 Å². The number of hydrogen-bond donors (Lipinski definition) is 2. The predicted molar refractivity (Wildman–Crippen MR) is 57.1 cm³/mol. The monoisotopic (exact) mass is 190 g/mol. The maximum absolute atomic E-state index is 5.72.